The van der Waals surface area contributed by atoms with Crippen molar-refractivity contribution in [3.63, 3.8) is 0 Å². The molecule has 37 heavy (non-hydrogen) atoms. The van der Waals surface area contributed by atoms with Crippen LogP contribution >= 0.6 is 0 Å². The molecule has 0 atom stereocenters. The van der Waals surface area contributed by atoms with E-state index in [9.17, 15) is 14.4 Å². The third-order valence-electron chi connectivity index (χ3n) is 5.92. The predicted octanol–water partition coefficient (Wildman–Crippen LogP) is 3.24. The molecule has 190 valence electrons. The van der Waals surface area contributed by atoms with Crippen LogP contribution in [0.4, 0.5) is 5.69 Å². The molecule has 4 aromatic rings. The molecule has 0 unspecified atom stereocenters. The summed E-state index contributed by atoms with van der Waals surface area (Å²) in [7, 11) is 2.89. The quantitative estimate of drug-likeness (QED) is 0.232. The Labute approximate surface area is 214 Å². The number of rotatable bonds is 11. The van der Waals surface area contributed by atoms with Crippen LogP contribution in [0.1, 0.15) is 32.7 Å². The molecule has 0 fully saturated rings. The SMILES string of the molecule is COCc1nn(Cc2ccc(Cn3ccccc3=O)cc2)cc1N(C=O)Cc1ccccc1C(=O)OC. The highest BCUT2D eigenvalue weighted by Gasteiger charge is 2.19. The first-order valence-corrected chi connectivity index (χ1v) is 11.7. The van der Waals surface area contributed by atoms with Crippen LogP contribution in [0.5, 0.6) is 0 Å². The smallest absolute Gasteiger partial charge is 0.338 e. The van der Waals surface area contributed by atoms with Gasteiger partial charge in [0.1, 0.15) is 5.69 Å². The van der Waals surface area contributed by atoms with E-state index >= 15 is 0 Å². The number of esters is 1. The topological polar surface area (TPSA) is 95.7 Å². The fourth-order valence-electron chi connectivity index (χ4n) is 4.07. The van der Waals surface area contributed by atoms with Gasteiger partial charge in [-0.05, 0) is 28.8 Å². The van der Waals surface area contributed by atoms with E-state index in [2.05, 4.69) is 5.10 Å². The van der Waals surface area contributed by atoms with Crippen LogP contribution in [0, 0.1) is 0 Å². The van der Waals surface area contributed by atoms with Gasteiger partial charge >= 0.3 is 5.97 Å². The highest BCUT2D eigenvalue weighted by Crippen LogP contribution is 2.23. The minimum absolute atomic E-state index is 0.0461. The molecule has 9 heteroatoms. The summed E-state index contributed by atoms with van der Waals surface area (Å²) in [5.41, 5.74) is 4.23. The summed E-state index contributed by atoms with van der Waals surface area (Å²) in [5, 5.41) is 4.64. The lowest BCUT2D eigenvalue weighted by atomic mass is 10.1. The number of anilines is 1. The zero-order valence-corrected chi connectivity index (χ0v) is 20.7. The monoisotopic (exact) mass is 500 g/mol. The Morgan fingerprint density at radius 1 is 0.973 bits per heavy atom. The van der Waals surface area contributed by atoms with Crippen molar-refractivity contribution in [3.8, 4) is 0 Å². The van der Waals surface area contributed by atoms with Gasteiger partial charge in [-0.3, -0.25) is 14.3 Å². The number of hydrogen-bond donors (Lipinski definition) is 0. The van der Waals surface area contributed by atoms with Gasteiger partial charge in [0, 0.05) is 25.6 Å². The first-order valence-electron chi connectivity index (χ1n) is 11.7. The normalized spacial score (nSPS) is 10.8. The lowest BCUT2D eigenvalue weighted by Crippen LogP contribution is -2.23. The highest BCUT2D eigenvalue weighted by molar-refractivity contribution is 5.91. The highest BCUT2D eigenvalue weighted by atomic mass is 16.5. The molecule has 0 aliphatic carbocycles. The molecule has 9 nitrogen and oxygen atoms in total. The predicted molar refractivity (Wildman–Crippen MR) is 138 cm³/mol. The van der Waals surface area contributed by atoms with E-state index in [1.165, 1.54) is 18.1 Å². The van der Waals surface area contributed by atoms with Gasteiger partial charge in [-0.15, -0.1) is 0 Å². The Morgan fingerprint density at radius 3 is 2.35 bits per heavy atom. The summed E-state index contributed by atoms with van der Waals surface area (Å²) in [4.78, 5) is 37.8. The van der Waals surface area contributed by atoms with Gasteiger partial charge < -0.3 is 18.9 Å². The molecule has 0 aliphatic rings. The Morgan fingerprint density at radius 2 is 1.68 bits per heavy atom. The van der Waals surface area contributed by atoms with E-state index in [1.54, 1.807) is 53.0 Å². The molecule has 1 amide bonds. The lowest BCUT2D eigenvalue weighted by molar-refractivity contribution is -0.107. The third kappa shape index (κ3) is 6.20. The van der Waals surface area contributed by atoms with Crippen LogP contribution in [0.3, 0.4) is 0 Å². The zero-order chi connectivity index (χ0) is 26.2. The summed E-state index contributed by atoms with van der Waals surface area (Å²) in [5.74, 6) is -0.463. The number of amides is 1. The van der Waals surface area contributed by atoms with E-state index in [-0.39, 0.29) is 18.7 Å². The van der Waals surface area contributed by atoms with Crippen LogP contribution in [-0.4, -0.2) is 40.9 Å². The molecule has 0 saturated heterocycles. The first-order chi connectivity index (χ1) is 18.0. The summed E-state index contributed by atoms with van der Waals surface area (Å²) >= 11 is 0. The third-order valence-corrected chi connectivity index (χ3v) is 5.92. The van der Waals surface area contributed by atoms with Crippen molar-refractivity contribution in [2.45, 2.75) is 26.2 Å². The first kappa shape index (κ1) is 25.6. The summed E-state index contributed by atoms with van der Waals surface area (Å²) in [6, 6.07) is 20.1. The molecule has 0 bridgehead atoms. The summed E-state index contributed by atoms with van der Waals surface area (Å²) < 4.78 is 13.6. The molecule has 0 spiro atoms. The maximum atomic E-state index is 12.2. The van der Waals surface area contributed by atoms with E-state index < -0.39 is 5.97 Å². The van der Waals surface area contributed by atoms with Crippen LogP contribution in [0.15, 0.2) is 83.9 Å². The van der Waals surface area contributed by atoms with Crippen LogP contribution < -0.4 is 10.5 Å². The van der Waals surface area contributed by atoms with Crippen molar-refractivity contribution in [1.82, 2.24) is 14.3 Å². The molecule has 2 aromatic carbocycles. The van der Waals surface area contributed by atoms with Crippen molar-refractivity contribution in [2.75, 3.05) is 19.1 Å². The number of pyridine rings is 1. The number of ether oxygens (including phenoxy) is 2. The fraction of sp³-hybridized carbons (Fsp3) is 0.214. The maximum Gasteiger partial charge on any atom is 0.338 e. The van der Waals surface area contributed by atoms with E-state index in [0.717, 1.165) is 17.5 Å². The number of methoxy groups -OCH3 is 2. The average Bonchev–Trinajstić information content (AvgIpc) is 3.31. The number of carbonyl (C=O) groups excluding carboxylic acids is 2. The number of aromatic nitrogens is 3. The van der Waals surface area contributed by atoms with E-state index in [4.69, 9.17) is 9.47 Å². The zero-order valence-electron chi connectivity index (χ0n) is 20.7. The fourth-order valence-corrected chi connectivity index (χ4v) is 4.07. The van der Waals surface area contributed by atoms with Crippen LogP contribution in [0.25, 0.3) is 0 Å². The van der Waals surface area contributed by atoms with Crippen molar-refractivity contribution < 1.29 is 19.1 Å². The van der Waals surface area contributed by atoms with Gasteiger partial charge in [0.2, 0.25) is 6.41 Å². The Bertz CT molecular complexity index is 1430. The minimum atomic E-state index is -0.463. The second-order valence-electron chi connectivity index (χ2n) is 8.46. The molecule has 0 saturated carbocycles. The lowest BCUT2D eigenvalue weighted by Gasteiger charge is -2.18. The second kappa shape index (κ2) is 12.0. The molecule has 0 aliphatic heterocycles. The van der Waals surface area contributed by atoms with Gasteiger partial charge in [-0.1, -0.05) is 48.5 Å². The largest absolute Gasteiger partial charge is 0.465 e. The molecule has 2 aromatic heterocycles. The number of carbonyl (C=O) groups is 2. The van der Waals surface area contributed by atoms with Crippen molar-refractivity contribution >= 4 is 18.1 Å². The average molecular weight is 501 g/mol. The second-order valence-corrected chi connectivity index (χ2v) is 8.46. The van der Waals surface area contributed by atoms with E-state index in [1.807, 2.05) is 36.4 Å². The van der Waals surface area contributed by atoms with Crippen molar-refractivity contribution in [2.24, 2.45) is 0 Å². The Kier molecular flexibility index (Phi) is 8.27. The van der Waals surface area contributed by atoms with E-state index in [0.29, 0.717) is 35.6 Å². The van der Waals surface area contributed by atoms with Gasteiger partial charge in [-0.25, -0.2) is 4.79 Å². The van der Waals surface area contributed by atoms with Crippen LogP contribution in [-0.2, 0) is 40.5 Å². The van der Waals surface area contributed by atoms with Gasteiger partial charge in [-0.2, -0.15) is 5.10 Å². The molecule has 2 heterocycles. The molecular formula is C28H28N4O5. The minimum Gasteiger partial charge on any atom is -0.465 e. The molecule has 4 rings (SSSR count). The van der Waals surface area contributed by atoms with Gasteiger partial charge in [0.25, 0.3) is 5.56 Å². The maximum absolute atomic E-state index is 12.2. The summed E-state index contributed by atoms with van der Waals surface area (Å²) in [6.07, 6.45) is 4.27. The van der Waals surface area contributed by atoms with Crippen molar-refractivity contribution in [1.29, 1.82) is 0 Å². The molecular weight excluding hydrogens is 472 g/mol. The number of benzene rings is 2. The Hall–Kier alpha value is -4.50. The number of hydrogen-bond acceptors (Lipinski definition) is 6. The summed E-state index contributed by atoms with van der Waals surface area (Å²) in [6.45, 7) is 1.36. The number of nitrogens with zero attached hydrogens (tertiary/aromatic N) is 4. The van der Waals surface area contributed by atoms with Gasteiger partial charge in [0.15, 0.2) is 0 Å². The molecule has 0 N–H and O–H groups in total. The van der Waals surface area contributed by atoms with Crippen LogP contribution in [0.2, 0.25) is 0 Å². The molecule has 0 radical (unpaired) electrons. The standard InChI is InChI=1S/C28H28N4O5/c1-36-19-25-26(31(20-33)17-23-7-3-4-8-24(23)28(35)37-2)18-32(29-25)16-22-12-10-21(11-13-22)15-30-14-6-5-9-27(30)34/h3-14,18,20H,15-17,19H2,1-2H3. The van der Waals surface area contributed by atoms with Gasteiger partial charge in [0.05, 0.1) is 44.6 Å². The van der Waals surface area contributed by atoms with Crippen molar-refractivity contribution in [3.05, 3.63) is 117 Å². The Balaban J connectivity index is 1.54.